The van der Waals surface area contributed by atoms with E-state index in [0.717, 1.165) is 30.6 Å². The highest BCUT2D eigenvalue weighted by molar-refractivity contribution is 5.87. The average Bonchev–Trinajstić information content (AvgIpc) is 2.75. The van der Waals surface area contributed by atoms with E-state index in [4.69, 9.17) is 4.74 Å². The molecule has 5 heteroatoms. The van der Waals surface area contributed by atoms with Crippen LogP contribution in [0.5, 0.6) is 5.75 Å². The molecule has 0 spiro atoms. The van der Waals surface area contributed by atoms with Crippen molar-refractivity contribution >= 4 is 11.8 Å². The van der Waals surface area contributed by atoms with Crippen molar-refractivity contribution in [2.45, 2.75) is 25.8 Å². The highest BCUT2D eigenvalue weighted by Crippen LogP contribution is 2.27. The number of rotatable bonds is 4. The van der Waals surface area contributed by atoms with Gasteiger partial charge in [-0.1, -0.05) is 36.4 Å². The normalized spacial score (nSPS) is 19.3. The minimum Gasteiger partial charge on any atom is -0.497 e. The summed E-state index contributed by atoms with van der Waals surface area (Å²) in [4.78, 5) is 29.2. The Hall–Kier alpha value is -2.82. The lowest BCUT2D eigenvalue weighted by atomic mass is 9.83. The fraction of sp³-hybridized carbons (Fsp3) is 0.391. The molecular formula is C23H26N2O3. The Kier molecular flexibility index (Phi) is 5.33. The number of amides is 2. The van der Waals surface area contributed by atoms with Gasteiger partial charge < -0.3 is 14.5 Å². The lowest BCUT2D eigenvalue weighted by molar-refractivity contribution is -0.148. The molecule has 5 nitrogen and oxygen atoms in total. The maximum atomic E-state index is 13.0. The van der Waals surface area contributed by atoms with E-state index in [1.165, 1.54) is 11.1 Å². The highest BCUT2D eigenvalue weighted by Gasteiger charge is 2.32. The fourth-order valence-corrected chi connectivity index (χ4v) is 4.18. The minimum absolute atomic E-state index is 0.00385. The van der Waals surface area contributed by atoms with Gasteiger partial charge in [0.1, 0.15) is 5.75 Å². The van der Waals surface area contributed by atoms with E-state index in [-0.39, 0.29) is 24.3 Å². The number of benzene rings is 2. The van der Waals surface area contributed by atoms with Gasteiger partial charge >= 0.3 is 0 Å². The summed E-state index contributed by atoms with van der Waals surface area (Å²) >= 11 is 0. The first-order chi connectivity index (χ1) is 13.6. The number of nitrogens with zero attached hydrogens (tertiary/aromatic N) is 2. The molecule has 0 bridgehead atoms. The first-order valence-corrected chi connectivity index (χ1v) is 9.90. The summed E-state index contributed by atoms with van der Waals surface area (Å²) in [7, 11) is 1.64. The van der Waals surface area contributed by atoms with Crippen molar-refractivity contribution < 1.29 is 14.3 Å². The number of carbonyl (C=O) groups is 2. The number of fused-ring (bicyclic) bond motifs is 1. The van der Waals surface area contributed by atoms with E-state index >= 15 is 0 Å². The van der Waals surface area contributed by atoms with Gasteiger partial charge in [-0.3, -0.25) is 9.59 Å². The molecule has 28 heavy (non-hydrogen) atoms. The minimum atomic E-state index is -0.00385. The van der Waals surface area contributed by atoms with Gasteiger partial charge in [0.2, 0.25) is 11.8 Å². The molecule has 0 saturated carbocycles. The molecule has 1 heterocycles. The number of aryl methyl sites for hydroxylation is 1. The van der Waals surface area contributed by atoms with Gasteiger partial charge in [0, 0.05) is 25.6 Å². The monoisotopic (exact) mass is 378 g/mol. The largest absolute Gasteiger partial charge is 0.497 e. The molecule has 2 aliphatic rings. The van der Waals surface area contributed by atoms with Gasteiger partial charge in [-0.2, -0.15) is 0 Å². The number of carbonyl (C=O) groups excluding carboxylic acids is 2. The summed E-state index contributed by atoms with van der Waals surface area (Å²) in [5, 5.41) is 0. The Labute approximate surface area is 165 Å². The molecule has 2 aromatic rings. The predicted octanol–water partition coefficient (Wildman–Crippen LogP) is 2.67. The van der Waals surface area contributed by atoms with Crippen molar-refractivity contribution in [2.24, 2.45) is 5.92 Å². The van der Waals surface area contributed by atoms with Crippen molar-refractivity contribution in [3.8, 4) is 5.75 Å². The van der Waals surface area contributed by atoms with E-state index in [1.807, 2.05) is 35.2 Å². The van der Waals surface area contributed by atoms with Crippen molar-refractivity contribution in [2.75, 3.05) is 26.7 Å². The number of hydrogen-bond donors (Lipinski definition) is 0. The van der Waals surface area contributed by atoms with Crippen LogP contribution in [0.25, 0.3) is 0 Å². The topological polar surface area (TPSA) is 49.9 Å². The Morgan fingerprint density at radius 1 is 1.07 bits per heavy atom. The first kappa shape index (κ1) is 18.5. The van der Waals surface area contributed by atoms with Gasteiger partial charge in [0.15, 0.2) is 0 Å². The van der Waals surface area contributed by atoms with Crippen molar-refractivity contribution in [3.05, 3.63) is 65.2 Å². The second-order valence-corrected chi connectivity index (χ2v) is 7.63. The van der Waals surface area contributed by atoms with Gasteiger partial charge in [-0.15, -0.1) is 0 Å². The maximum Gasteiger partial charge on any atom is 0.242 e. The second-order valence-electron chi connectivity index (χ2n) is 7.63. The fourth-order valence-electron chi connectivity index (χ4n) is 4.18. The summed E-state index contributed by atoms with van der Waals surface area (Å²) < 4.78 is 5.18. The van der Waals surface area contributed by atoms with E-state index in [2.05, 4.69) is 18.2 Å². The van der Waals surface area contributed by atoms with E-state index < -0.39 is 0 Å². The zero-order chi connectivity index (χ0) is 19.5. The Morgan fingerprint density at radius 3 is 2.54 bits per heavy atom. The lowest BCUT2D eigenvalue weighted by Gasteiger charge is -2.37. The van der Waals surface area contributed by atoms with Crippen LogP contribution >= 0.6 is 0 Å². The molecule has 0 aromatic heterocycles. The number of methoxy groups -OCH3 is 1. The van der Waals surface area contributed by atoms with Crippen LogP contribution in [0.2, 0.25) is 0 Å². The van der Waals surface area contributed by atoms with E-state index in [0.29, 0.717) is 19.6 Å². The third-order valence-corrected chi connectivity index (χ3v) is 5.86. The van der Waals surface area contributed by atoms with Crippen molar-refractivity contribution in [3.63, 3.8) is 0 Å². The van der Waals surface area contributed by atoms with Crippen LogP contribution in [-0.2, 0) is 29.0 Å². The Balaban J connectivity index is 1.34. The third-order valence-electron chi connectivity index (χ3n) is 5.86. The number of hydrogen-bond acceptors (Lipinski definition) is 3. The van der Waals surface area contributed by atoms with Crippen LogP contribution in [0, 0.1) is 5.92 Å². The summed E-state index contributed by atoms with van der Waals surface area (Å²) in [6.07, 6.45) is 2.60. The highest BCUT2D eigenvalue weighted by atomic mass is 16.5. The van der Waals surface area contributed by atoms with Gasteiger partial charge in [-0.25, -0.2) is 0 Å². The van der Waals surface area contributed by atoms with Crippen LogP contribution in [0.15, 0.2) is 48.5 Å². The van der Waals surface area contributed by atoms with Crippen LogP contribution in [-0.4, -0.2) is 48.4 Å². The molecule has 2 aromatic carbocycles. The first-order valence-electron chi connectivity index (χ1n) is 9.90. The van der Waals surface area contributed by atoms with Gasteiger partial charge in [-0.05, 0) is 48.1 Å². The van der Waals surface area contributed by atoms with Crippen LogP contribution in [0.4, 0.5) is 0 Å². The zero-order valence-electron chi connectivity index (χ0n) is 16.3. The van der Waals surface area contributed by atoms with E-state index in [9.17, 15) is 9.59 Å². The summed E-state index contributed by atoms with van der Waals surface area (Å²) in [6, 6.07) is 16.1. The third kappa shape index (κ3) is 3.88. The number of ether oxygens (including phenoxy) is 1. The standard InChI is InChI=1S/C23H26N2O3/c1-28-21-10-6-17(7-11-21)15-24-12-13-25(16-22(24)26)23(27)20-9-8-18-4-2-3-5-19(18)14-20/h2-7,10-11,20H,8-9,12-16H2,1H3. The van der Waals surface area contributed by atoms with Gasteiger partial charge in [0.05, 0.1) is 13.7 Å². The quantitative estimate of drug-likeness (QED) is 0.822. The maximum absolute atomic E-state index is 13.0. The molecule has 0 radical (unpaired) electrons. The zero-order valence-corrected chi connectivity index (χ0v) is 16.3. The molecule has 2 amide bonds. The Bertz CT molecular complexity index is 862. The van der Waals surface area contributed by atoms with E-state index in [1.54, 1.807) is 12.0 Å². The molecule has 146 valence electrons. The molecule has 1 saturated heterocycles. The smallest absolute Gasteiger partial charge is 0.242 e. The lowest BCUT2D eigenvalue weighted by Crippen LogP contribution is -2.53. The molecule has 0 N–H and O–H groups in total. The van der Waals surface area contributed by atoms with Crippen LogP contribution in [0.1, 0.15) is 23.1 Å². The summed E-state index contributed by atoms with van der Waals surface area (Å²) in [6.45, 7) is 1.95. The summed E-state index contributed by atoms with van der Waals surface area (Å²) in [5.41, 5.74) is 3.70. The molecule has 1 fully saturated rings. The van der Waals surface area contributed by atoms with Crippen molar-refractivity contribution in [1.82, 2.24) is 9.80 Å². The predicted molar refractivity (Wildman–Crippen MR) is 107 cm³/mol. The molecule has 1 unspecified atom stereocenters. The van der Waals surface area contributed by atoms with Crippen LogP contribution in [0.3, 0.4) is 0 Å². The van der Waals surface area contributed by atoms with Crippen molar-refractivity contribution in [1.29, 1.82) is 0 Å². The Morgan fingerprint density at radius 2 is 1.82 bits per heavy atom. The molecular weight excluding hydrogens is 352 g/mol. The average molecular weight is 378 g/mol. The SMILES string of the molecule is COc1ccc(CN2CCN(C(=O)C3CCc4ccccc4C3)CC2=O)cc1. The second kappa shape index (κ2) is 8.05. The van der Waals surface area contributed by atoms with Crippen LogP contribution < -0.4 is 4.74 Å². The molecule has 1 aliphatic carbocycles. The molecule has 1 atom stereocenters. The molecule has 1 aliphatic heterocycles. The summed E-state index contributed by atoms with van der Waals surface area (Å²) in [5.74, 6) is 0.953. The number of piperazine rings is 1. The van der Waals surface area contributed by atoms with Gasteiger partial charge in [0.25, 0.3) is 0 Å². The molecule has 4 rings (SSSR count).